The lowest BCUT2D eigenvalue weighted by atomic mass is 10.0. The Balaban J connectivity index is 2.18. The minimum absolute atomic E-state index is 0.00699. The van der Waals surface area contributed by atoms with Crippen molar-refractivity contribution in [2.75, 3.05) is 37.4 Å². The van der Waals surface area contributed by atoms with Crippen molar-refractivity contribution in [2.24, 2.45) is 0 Å². The average molecular weight is 312 g/mol. The topological polar surface area (TPSA) is 82.7 Å². The van der Waals surface area contributed by atoms with E-state index < -0.39 is 0 Å². The summed E-state index contributed by atoms with van der Waals surface area (Å²) in [4.78, 5) is 21.2. The van der Waals surface area contributed by atoms with E-state index in [1.807, 2.05) is 11.9 Å². The molecule has 1 fully saturated rings. The van der Waals surface area contributed by atoms with E-state index >= 15 is 0 Å². The van der Waals surface area contributed by atoms with E-state index in [-0.39, 0.29) is 18.6 Å². The number of nitrogen functional groups attached to an aromatic ring is 1. The van der Waals surface area contributed by atoms with E-state index in [9.17, 15) is 9.90 Å². The molecule has 0 spiro atoms. The van der Waals surface area contributed by atoms with Gasteiger partial charge in [-0.25, -0.2) is 4.98 Å². The molecule has 21 heavy (non-hydrogen) atoms. The predicted molar refractivity (Wildman–Crippen MR) is 85.8 cm³/mol. The van der Waals surface area contributed by atoms with Gasteiger partial charge in [-0.3, -0.25) is 4.79 Å². The fourth-order valence-corrected chi connectivity index (χ4v) is 3.58. The van der Waals surface area contributed by atoms with Gasteiger partial charge in [-0.05, 0) is 25.7 Å². The molecule has 7 heteroatoms. The summed E-state index contributed by atoms with van der Waals surface area (Å²) in [7, 11) is 1.95. The standard InChI is InChI=1S/C14H24N4O2S/c1-3-7-17(2)14-16-12(15)11(21-14)13(20)18-8-5-4-6-10(18)9-19/h10,19H,3-9,15H2,1-2H3. The van der Waals surface area contributed by atoms with Gasteiger partial charge < -0.3 is 20.6 Å². The van der Waals surface area contributed by atoms with Crippen molar-refractivity contribution in [1.82, 2.24) is 9.88 Å². The van der Waals surface area contributed by atoms with Crippen molar-refractivity contribution in [3.8, 4) is 0 Å². The maximum absolute atomic E-state index is 12.7. The summed E-state index contributed by atoms with van der Waals surface area (Å²) in [5.74, 6) is 0.199. The molecule has 2 rings (SSSR count). The maximum atomic E-state index is 12.7. The second-order valence-electron chi connectivity index (χ2n) is 5.46. The number of rotatable bonds is 5. The SMILES string of the molecule is CCCN(C)c1nc(N)c(C(=O)N2CCCCC2CO)s1. The maximum Gasteiger partial charge on any atom is 0.268 e. The molecule has 0 saturated carbocycles. The first kappa shape index (κ1) is 16.0. The number of carbonyl (C=O) groups is 1. The normalized spacial score (nSPS) is 18.8. The van der Waals surface area contributed by atoms with Crippen LogP contribution in [0.5, 0.6) is 0 Å². The average Bonchev–Trinajstić information content (AvgIpc) is 2.89. The largest absolute Gasteiger partial charge is 0.394 e. The number of aliphatic hydroxyl groups excluding tert-OH is 1. The Morgan fingerprint density at radius 1 is 1.57 bits per heavy atom. The van der Waals surface area contributed by atoms with E-state index in [0.717, 1.165) is 37.4 Å². The molecular formula is C14H24N4O2S. The number of aromatic nitrogens is 1. The first-order chi connectivity index (χ1) is 10.1. The van der Waals surface area contributed by atoms with Crippen LogP contribution in [-0.4, -0.2) is 53.7 Å². The van der Waals surface area contributed by atoms with Crippen molar-refractivity contribution in [3.63, 3.8) is 0 Å². The van der Waals surface area contributed by atoms with Crippen LogP contribution in [0.4, 0.5) is 10.9 Å². The summed E-state index contributed by atoms with van der Waals surface area (Å²) in [5, 5.41) is 10.2. The Labute approximate surface area is 129 Å². The Bertz CT molecular complexity index is 491. The molecule has 1 unspecified atom stereocenters. The van der Waals surface area contributed by atoms with E-state index in [2.05, 4.69) is 11.9 Å². The number of nitrogens with zero attached hydrogens (tertiary/aromatic N) is 3. The zero-order chi connectivity index (χ0) is 15.4. The molecule has 3 N–H and O–H groups in total. The molecule has 1 aromatic heterocycles. The number of anilines is 2. The van der Waals surface area contributed by atoms with Crippen LogP contribution in [0.3, 0.4) is 0 Å². The molecule has 6 nitrogen and oxygen atoms in total. The molecule has 0 aliphatic carbocycles. The lowest BCUT2D eigenvalue weighted by Gasteiger charge is -2.34. The fourth-order valence-electron chi connectivity index (χ4n) is 2.66. The molecule has 1 atom stereocenters. The molecule has 118 valence electrons. The van der Waals surface area contributed by atoms with Crippen LogP contribution in [0.25, 0.3) is 0 Å². The summed E-state index contributed by atoms with van der Waals surface area (Å²) < 4.78 is 0. The monoisotopic (exact) mass is 312 g/mol. The first-order valence-electron chi connectivity index (χ1n) is 7.47. The fraction of sp³-hybridized carbons (Fsp3) is 0.714. The van der Waals surface area contributed by atoms with E-state index in [1.54, 1.807) is 4.90 Å². The highest BCUT2D eigenvalue weighted by Gasteiger charge is 2.30. The van der Waals surface area contributed by atoms with Crippen LogP contribution in [0.1, 0.15) is 42.3 Å². The van der Waals surface area contributed by atoms with Crippen LogP contribution in [0.15, 0.2) is 0 Å². The number of carbonyl (C=O) groups excluding carboxylic acids is 1. The Kier molecular flexibility index (Phi) is 5.41. The highest BCUT2D eigenvalue weighted by Crippen LogP contribution is 2.30. The molecule has 0 bridgehead atoms. The third kappa shape index (κ3) is 3.47. The highest BCUT2D eigenvalue weighted by atomic mass is 32.1. The number of nitrogens with two attached hydrogens (primary N) is 1. The van der Waals surface area contributed by atoms with Crippen LogP contribution >= 0.6 is 11.3 Å². The first-order valence-corrected chi connectivity index (χ1v) is 8.29. The zero-order valence-electron chi connectivity index (χ0n) is 12.7. The summed E-state index contributed by atoms with van der Waals surface area (Å²) >= 11 is 1.34. The molecule has 1 aliphatic rings. The number of piperidine rings is 1. The molecular weight excluding hydrogens is 288 g/mol. The number of hydrogen-bond acceptors (Lipinski definition) is 6. The lowest BCUT2D eigenvalue weighted by Crippen LogP contribution is -2.45. The van der Waals surface area contributed by atoms with Gasteiger partial charge in [0.25, 0.3) is 5.91 Å². The molecule has 1 saturated heterocycles. The van der Waals surface area contributed by atoms with Crippen molar-refractivity contribution < 1.29 is 9.90 Å². The molecule has 1 amide bonds. The summed E-state index contributed by atoms with van der Waals surface area (Å²) in [6.07, 6.45) is 3.89. The van der Waals surface area contributed by atoms with Gasteiger partial charge in [0, 0.05) is 20.1 Å². The zero-order valence-corrected chi connectivity index (χ0v) is 13.5. The van der Waals surface area contributed by atoms with Gasteiger partial charge in [0.05, 0.1) is 12.6 Å². The van der Waals surface area contributed by atoms with Gasteiger partial charge in [-0.2, -0.15) is 0 Å². The third-order valence-electron chi connectivity index (χ3n) is 3.82. The second kappa shape index (κ2) is 7.09. The third-order valence-corrected chi connectivity index (χ3v) is 4.99. The van der Waals surface area contributed by atoms with Gasteiger partial charge in [-0.15, -0.1) is 0 Å². The van der Waals surface area contributed by atoms with E-state index in [1.165, 1.54) is 11.3 Å². The summed E-state index contributed by atoms with van der Waals surface area (Å²) in [6, 6.07) is -0.0930. The van der Waals surface area contributed by atoms with Crippen LogP contribution < -0.4 is 10.6 Å². The molecule has 2 heterocycles. The number of amides is 1. The highest BCUT2D eigenvalue weighted by molar-refractivity contribution is 7.18. The number of thiazole rings is 1. The Hall–Kier alpha value is -1.34. The van der Waals surface area contributed by atoms with Crippen molar-refractivity contribution >= 4 is 28.2 Å². The lowest BCUT2D eigenvalue weighted by molar-refractivity contribution is 0.0508. The number of hydrogen-bond donors (Lipinski definition) is 2. The molecule has 1 aliphatic heterocycles. The smallest absolute Gasteiger partial charge is 0.268 e. The van der Waals surface area contributed by atoms with Crippen LogP contribution in [0.2, 0.25) is 0 Å². The second-order valence-corrected chi connectivity index (χ2v) is 6.44. The van der Waals surface area contributed by atoms with Crippen LogP contribution in [0, 0.1) is 0 Å². The Morgan fingerprint density at radius 3 is 3.00 bits per heavy atom. The van der Waals surface area contributed by atoms with Gasteiger partial charge in [-0.1, -0.05) is 18.3 Å². The molecule has 0 radical (unpaired) electrons. The Morgan fingerprint density at radius 2 is 2.33 bits per heavy atom. The van der Waals surface area contributed by atoms with Crippen LogP contribution in [-0.2, 0) is 0 Å². The van der Waals surface area contributed by atoms with Gasteiger partial charge >= 0.3 is 0 Å². The summed E-state index contributed by atoms with van der Waals surface area (Å²) in [5.41, 5.74) is 5.93. The van der Waals surface area contributed by atoms with E-state index in [4.69, 9.17) is 5.73 Å². The minimum atomic E-state index is -0.0973. The quantitative estimate of drug-likeness (QED) is 0.862. The van der Waals surface area contributed by atoms with Gasteiger partial charge in [0.1, 0.15) is 10.7 Å². The van der Waals surface area contributed by atoms with Crippen molar-refractivity contribution in [1.29, 1.82) is 0 Å². The van der Waals surface area contributed by atoms with Crippen molar-refractivity contribution in [2.45, 2.75) is 38.6 Å². The van der Waals surface area contributed by atoms with Gasteiger partial charge in [0.15, 0.2) is 5.13 Å². The minimum Gasteiger partial charge on any atom is -0.394 e. The number of likely N-dealkylation sites (tertiary alicyclic amines) is 1. The van der Waals surface area contributed by atoms with Gasteiger partial charge in [0.2, 0.25) is 0 Å². The number of aliphatic hydroxyl groups is 1. The summed E-state index contributed by atoms with van der Waals surface area (Å²) in [6.45, 7) is 3.66. The molecule has 0 aromatic carbocycles. The van der Waals surface area contributed by atoms with Crippen molar-refractivity contribution in [3.05, 3.63) is 4.88 Å². The van der Waals surface area contributed by atoms with E-state index in [0.29, 0.717) is 17.2 Å². The predicted octanol–water partition coefficient (Wildman–Crippen LogP) is 1.56. The molecule has 1 aromatic rings.